The summed E-state index contributed by atoms with van der Waals surface area (Å²) in [7, 11) is 0. The molecule has 0 aromatic heterocycles. The minimum absolute atomic E-state index is 0.0572. The second kappa shape index (κ2) is 6.73. The lowest BCUT2D eigenvalue weighted by molar-refractivity contribution is 0.102. The Hall–Kier alpha value is -2.49. The van der Waals surface area contributed by atoms with E-state index < -0.39 is 0 Å². The number of nitrogens with one attached hydrogen (secondary N) is 2. The van der Waals surface area contributed by atoms with Crippen LogP contribution < -0.4 is 15.4 Å². The molecule has 1 heterocycles. The van der Waals surface area contributed by atoms with Crippen molar-refractivity contribution >= 4 is 17.3 Å². The van der Waals surface area contributed by atoms with Gasteiger partial charge in [0.25, 0.3) is 5.91 Å². The molecule has 2 aromatic carbocycles. The molecule has 0 fully saturated rings. The molecule has 4 heteroatoms. The van der Waals surface area contributed by atoms with Crippen molar-refractivity contribution in [1.29, 1.82) is 0 Å². The Morgan fingerprint density at radius 1 is 1.17 bits per heavy atom. The zero-order valence-electron chi connectivity index (χ0n) is 13.6. The highest BCUT2D eigenvalue weighted by molar-refractivity contribution is 6.07. The number of ether oxygens (including phenoxy) is 1. The first kappa shape index (κ1) is 15.4. The summed E-state index contributed by atoms with van der Waals surface area (Å²) < 4.78 is 5.77. The van der Waals surface area contributed by atoms with Crippen LogP contribution in [0.4, 0.5) is 11.4 Å². The van der Waals surface area contributed by atoms with Crippen molar-refractivity contribution in [1.82, 2.24) is 0 Å². The van der Waals surface area contributed by atoms with Crippen LogP contribution in [0.1, 0.15) is 36.2 Å². The fourth-order valence-electron chi connectivity index (χ4n) is 2.84. The van der Waals surface area contributed by atoms with E-state index in [-0.39, 0.29) is 12.0 Å². The van der Waals surface area contributed by atoms with Crippen LogP contribution in [-0.4, -0.2) is 18.6 Å². The van der Waals surface area contributed by atoms with Gasteiger partial charge in [0.15, 0.2) is 0 Å². The number of carbonyl (C=O) groups excluding carboxylic acids is 1. The number of rotatable bonds is 4. The fraction of sp³-hybridized carbons (Fsp3) is 0.316. The Morgan fingerprint density at radius 3 is 2.83 bits per heavy atom. The SMILES string of the molecule is CC(C)Oc1ccccc1NC(=O)c1cccc2c1CCCN2. The summed E-state index contributed by atoms with van der Waals surface area (Å²) in [6.45, 7) is 4.90. The van der Waals surface area contributed by atoms with E-state index in [4.69, 9.17) is 4.74 Å². The summed E-state index contributed by atoms with van der Waals surface area (Å²) in [6, 6.07) is 13.4. The van der Waals surface area contributed by atoms with Gasteiger partial charge in [-0.2, -0.15) is 0 Å². The Labute approximate surface area is 136 Å². The smallest absolute Gasteiger partial charge is 0.256 e. The predicted octanol–water partition coefficient (Wildman–Crippen LogP) is 4.08. The Kier molecular flexibility index (Phi) is 4.51. The highest BCUT2D eigenvalue weighted by Gasteiger charge is 2.18. The highest BCUT2D eigenvalue weighted by atomic mass is 16.5. The molecule has 120 valence electrons. The topological polar surface area (TPSA) is 50.4 Å². The lowest BCUT2D eigenvalue weighted by atomic mass is 9.97. The molecule has 1 amide bonds. The molecule has 0 atom stereocenters. The molecule has 1 aliphatic heterocycles. The van der Waals surface area contributed by atoms with Gasteiger partial charge in [-0.25, -0.2) is 0 Å². The average molecular weight is 310 g/mol. The van der Waals surface area contributed by atoms with Crippen molar-refractivity contribution in [3.63, 3.8) is 0 Å². The molecule has 4 nitrogen and oxygen atoms in total. The van der Waals surface area contributed by atoms with Crippen LogP contribution in [0, 0.1) is 0 Å². The molecule has 2 aromatic rings. The summed E-state index contributed by atoms with van der Waals surface area (Å²) in [5, 5.41) is 6.35. The van der Waals surface area contributed by atoms with E-state index in [9.17, 15) is 4.79 Å². The second-order valence-electron chi connectivity index (χ2n) is 5.98. The molecule has 0 unspecified atom stereocenters. The number of anilines is 2. The van der Waals surface area contributed by atoms with E-state index in [1.807, 2.05) is 56.3 Å². The zero-order chi connectivity index (χ0) is 16.2. The normalized spacial score (nSPS) is 13.2. The first-order valence-electron chi connectivity index (χ1n) is 8.08. The quantitative estimate of drug-likeness (QED) is 0.894. The number of amides is 1. The van der Waals surface area contributed by atoms with Crippen molar-refractivity contribution in [2.75, 3.05) is 17.2 Å². The van der Waals surface area contributed by atoms with Crippen LogP contribution in [0.2, 0.25) is 0 Å². The van der Waals surface area contributed by atoms with Gasteiger partial charge in [0, 0.05) is 17.8 Å². The predicted molar refractivity (Wildman–Crippen MR) is 93.4 cm³/mol. The number of hydrogen-bond acceptors (Lipinski definition) is 3. The number of carbonyl (C=O) groups is 1. The number of benzene rings is 2. The van der Waals surface area contributed by atoms with E-state index in [1.54, 1.807) is 0 Å². The van der Waals surface area contributed by atoms with Crippen LogP contribution in [0.25, 0.3) is 0 Å². The molecule has 23 heavy (non-hydrogen) atoms. The van der Waals surface area contributed by atoms with E-state index in [0.717, 1.165) is 36.2 Å². The summed E-state index contributed by atoms with van der Waals surface area (Å²) in [6.07, 6.45) is 2.03. The van der Waals surface area contributed by atoms with Gasteiger partial charge in [-0.3, -0.25) is 4.79 Å². The van der Waals surface area contributed by atoms with Gasteiger partial charge in [-0.15, -0.1) is 0 Å². The summed E-state index contributed by atoms with van der Waals surface area (Å²) >= 11 is 0. The molecular formula is C19H22N2O2. The highest BCUT2D eigenvalue weighted by Crippen LogP contribution is 2.28. The van der Waals surface area contributed by atoms with Crippen LogP contribution in [-0.2, 0) is 6.42 Å². The monoisotopic (exact) mass is 310 g/mol. The first-order chi connectivity index (χ1) is 11.1. The molecule has 3 rings (SSSR count). The van der Waals surface area contributed by atoms with Gasteiger partial charge in [-0.05, 0) is 56.5 Å². The summed E-state index contributed by atoms with van der Waals surface area (Å²) in [5.74, 6) is 0.601. The molecular weight excluding hydrogens is 288 g/mol. The number of para-hydroxylation sites is 2. The molecule has 0 aliphatic carbocycles. The van der Waals surface area contributed by atoms with E-state index >= 15 is 0 Å². The molecule has 2 N–H and O–H groups in total. The third-order valence-electron chi connectivity index (χ3n) is 3.84. The van der Waals surface area contributed by atoms with Crippen molar-refractivity contribution in [3.05, 3.63) is 53.6 Å². The molecule has 0 radical (unpaired) electrons. The fourth-order valence-corrected chi connectivity index (χ4v) is 2.84. The number of hydrogen-bond donors (Lipinski definition) is 2. The lowest BCUT2D eigenvalue weighted by Gasteiger charge is -2.21. The average Bonchev–Trinajstić information content (AvgIpc) is 2.55. The maximum atomic E-state index is 12.7. The third kappa shape index (κ3) is 3.47. The van der Waals surface area contributed by atoms with Crippen molar-refractivity contribution in [3.8, 4) is 5.75 Å². The maximum absolute atomic E-state index is 12.7. The molecule has 0 saturated heterocycles. The van der Waals surface area contributed by atoms with Crippen LogP contribution in [0.5, 0.6) is 5.75 Å². The standard InChI is InChI=1S/C19H22N2O2/c1-13(2)23-18-11-4-3-9-17(18)21-19(22)15-7-5-10-16-14(15)8-6-12-20-16/h3-5,7,9-11,13,20H,6,8,12H2,1-2H3,(H,21,22). The molecule has 0 saturated carbocycles. The van der Waals surface area contributed by atoms with E-state index in [2.05, 4.69) is 10.6 Å². The minimum Gasteiger partial charge on any atom is -0.489 e. The Bertz CT molecular complexity index is 710. The Balaban J connectivity index is 1.86. The lowest BCUT2D eigenvalue weighted by Crippen LogP contribution is -2.20. The van der Waals surface area contributed by atoms with Gasteiger partial charge >= 0.3 is 0 Å². The number of fused-ring (bicyclic) bond motifs is 1. The van der Waals surface area contributed by atoms with Gasteiger partial charge in [-0.1, -0.05) is 18.2 Å². The second-order valence-corrected chi connectivity index (χ2v) is 5.98. The minimum atomic E-state index is -0.0923. The molecule has 0 bridgehead atoms. The maximum Gasteiger partial charge on any atom is 0.256 e. The summed E-state index contributed by atoms with van der Waals surface area (Å²) in [4.78, 5) is 12.7. The first-order valence-corrected chi connectivity index (χ1v) is 8.08. The van der Waals surface area contributed by atoms with Crippen molar-refractivity contribution in [2.24, 2.45) is 0 Å². The third-order valence-corrected chi connectivity index (χ3v) is 3.84. The largest absolute Gasteiger partial charge is 0.489 e. The zero-order valence-corrected chi connectivity index (χ0v) is 13.6. The van der Waals surface area contributed by atoms with Crippen molar-refractivity contribution in [2.45, 2.75) is 32.8 Å². The van der Waals surface area contributed by atoms with Gasteiger partial charge in [0.1, 0.15) is 5.75 Å². The van der Waals surface area contributed by atoms with Crippen LogP contribution >= 0.6 is 0 Å². The van der Waals surface area contributed by atoms with Gasteiger partial charge in [0.05, 0.1) is 11.8 Å². The molecule has 0 spiro atoms. The van der Waals surface area contributed by atoms with Crippen molar-refractivity contribution < 1.29 is 9.53 Å². The van der Waals surface area contributed by atoms with Gasteiger partial charge in [0.2, 0.25) is 0 Å². The van der Waals surface area contributed by atoms with Gasteiger partial charge < -0.3 is 15.4 Å². The van der Waals surface area contributed by atoms with E-state index in [0.29, 0.717) is 11.4 Å². The van der Waals surface area contributed by atoms with E-state index in [1.165, 1.54) is 0 Å². The molecule has 1 aliphatic rings. The summed E-state index contributed by atoms with van der Waals surface area (Å²) in [5.41, 5.74) is 3.59. The van der Waals surface area contributed by atoms with Crippen LogP contribution in [0.15, 0.2) is 42.5 Å². The van der Waals surface area contributed by atoms with Crippen LogP contribution in [0.3, 0.4) is 0 Å². The Morgan fingerprint density at radius 2 is 2.00 bits per heavy atom.